The lowest BCUT2D eigenvalue weighted by Crippen LogP contribution is -2.37. The summed E-state index contributed by atoms with van der Waals surface area (Å²) in [5, 5.41) is 17.9. The lowest BCUT2D eigenvalue weighted by atomic mass is 10.1. The third-order valence-corrected chi connectivity index (χ3v) is 9.57. The summed E-state index contributed by atoms with van der Waals surface area (Å²) in [5.74, 6) is -0.217. The van der Waals surface area contributed by atoms with Gasteiger partial charge in [0.1, 0.15) is 4.21 Å². The van der Waals surface area contributed by atoms with Crippen molar-refractivity contribution < 1.29 is 23.1 Å². The SMILES string of the molecule is O=C(Nc1ccc(-n2c(O)c3ccc(NCCCN4CCOCC4)cc3cc2=O)cc1)NS(=O)(=O)c1ccc(Cl)s1. The van der Waals surface area contributed by atoms with Crippen LogP contribution >= 0.6 is 22.9 Å². The Hall–Kier alpha value is -3.62. The number of thiophene rings is 1. The molecular weight excluding hydrogens is 590 g/mol. The molecule has 3 heterocycles. The third kappa shape index (κ3) is 7.00. The first kappa shape index (κ1) is 28.9. The number of halogens is 1. The van der Waals surface area contributed by atoms with E-state index in [0.29, 0.717) is 16.5 Å². The van der Waals surface area contributed by atoms with Gasteiger partial charge in [-0.2, -0.15) is 0 Å². The van der Waals surface area contributed by atoms with Gasteiger partial charge in [0, 0.05) is 42.5 Å². The molecular formula is C27H28ClN5O6S2. The Kier molecular flexibility index (Phi) is 8.80. The largest absolute Gasteiger partial charge is 0.494 e. The summed E-state index contributed by atoms with van der Waals surface area (Å²) in [6.07, 6.45) is 0.969. The van der Waals surface area contributed by atoms with Crippen molar-refractivity contribution in [1.82, 2.24) is 14.2 Å². The lowest BCUT2D eigenvalue weighted by Gasteiger charge is -2.26. The molecule has 4 aromatic rings. The van der Waals surface area contributed by atoms with Crippen molar-refractivity contribution in [3.63, 3.8) is 0 Å². The number of amides is 2. The molecule has 0 spiro atoms. The average Bonchev–Trinajstić information content (AvgIpc) is 3.39. The minimum atomic E-state index is -4.07. The van der Waals surface area contributed by atoms with Gasteiger partial charge in [0.15, 0.2) is 0 Å². The number of anilines is 2. The van der Waals surface area contributed by atoms with Crippen LogP contribution in [0.1, 0.15) is 6.42 Å². The first-order chi connectivity index (χ1) is 19.7. The summed E-state index contributed by atoms with van der Waals surface area (Å²) < 4.78 is 33.3. The van der Waals surface area contributed by atoms with Gasteiger partial charge in [-0.25, -0.2) is 22.5 Å². The number of morpholine rings is 1. The molecule has 5 rings (SSSR count). The van der Waals surface area contributed by atoms with Crippen molar-refractivity contribution in [3.05, 3.63) is 75.4 Å². The molecule has 1 fully saturated rings. The first-order valence-electron chi connectivity index (χ1n) is 12.8. The number of hydrogen-bond acceptors (Lipinski definition) is 9. The molecule has 41 heavy (non-hydrogen) atoms. The van der Waals surface area contributed by atoms with Crippen LogP contribution in [-0.2, 0) is 14.8 Å². The van der Waals surface area contributed by atoms with E-state index in [-0.39, 0.29) is 20.1 Å². The van der Waals surface area contributed by atoms with Gasteiger partial charge in [-0.05, 0) is 72.9 Å². The van der Waals surface area contributed by atoms with Gasteiger partial charge in [-0.1, -0.05) is 11.6 Å². The first-order valence-corrected chi connectivity index (χ1v) is 15.5. The minimum absolute atomic E-state index is 0.0918. The van der Waals surface area contributed by atoms with Crippen LogP contribution in [0.5, 0.6) is 5.88 Å². The van der Waals surface area contributed by atoms with Crippen LogP contribution in [0.2, 0.25) is 4.34 Å². The molecule has 1 aliphatic rings. The molecule has 2 aromatic carbocycles. The van der Waals surface area contributed by atoms with E-state index in [9.17, 15) is 23.1 Å². The number of urea groups is 1. The number of aromatic nitrogens is 1. The Morgan fingerprint density at radius 3 is 2.46 bits per heavy atom. The Labute approximate surface area is 245 Å². The summed E-state index contributed by atoms with van der Waals surface area (Å²) in [6, 6.07) is 14.7. The number of fused-ring (bicyclic) bond motifs is 1. The van der Waals surface area contributed by atoms with Gasteiger partial charge in [-0.3, -0.25) is 9.69 Å². The third-order valence-electron chi connectivity index (χ3n) is 6.51. The smallest absolute Gasteiger partial charge is 0.333 e. The molecule has 2 aromatic heterocycles. The van der Waals surface area contributed by atoms with Crippen LogP contribution in [0, 0.1) is 0 Å². The van der Waals surface area contributed by atoms with E-state index in [4.69, 9.17) is 16.3 Å². The Balaban J connectivity index is 1.24. The monoisotopic (exact) mass is 617 g/mol. The number of pyridine rings is 1. The molecule has 2 amide bonds. The predicted octanol–water partition coefficient (Wildman–Crippen LogP) is 4.06. The molecule has 1 saturated heterocycles. The number of rotatable bonds is 9. The predicted molar refractivity (Wildman–Crippen MR) is 160 cm³/mol. The maximum Gasteiger partial charge on any atom is 0.333 e. The van der Waals surface area contributed by atoms with E-state index in [1.54, 1.807) is 6.07 Å². The molecule has 0 radical (unpaired) electrons. The van der Waals surface area contributed by atoms with Gasteiger partial charge < -0.3 is 20.5 Å². The Morgan fingerprint density at radius 1 is 1.02 bits per heavy atom. The van der Waals surface area contributed by atoms with Crippen LogP contribution < -0.4 is 20.9 Å². The number of sulfonamides is 1. The molecule has 11 nitrogen and oxygen atoms in total. The van der Waals surface area contributed by atoms with E-state index in [2.05, 4.69) is 15.5 Å². The fourth-order valence-corrected chi connectivity index (χ4v) is 6.88. The molecule has 4 N–H and O–H groups in total. The van der Waals surface area contributed by atoms with Crippen LogP contribution in [0.25, 0.3) is 16.5 Å². The van der Waals surface area contributed by atoms with Gasteiger partial charge >= 0.3 is 6.03 Å². The molecule has 216 valence electrons. The fraction of sp³-hybridized carbons (Fsp3) is 0.259. The number of ether oxygens (including phenoxy) is 1. The summed E-state index contributed by atoms with van der Waals surface area (Å²) in [4.78, 5) is 27.6. The Bertz CT molecular complexity index is 1720. The standard InChI is InChI=1S/C27H28ClN5O6S2/c28-23-8-9-25(40-23)41(37,38)31-27(36)30-19-2-5-21(6-3-19)33-24(34)17-18-16-20(4-7-22(18)26(33)35)29-10-1-11-32-12-14-39-15-13-32/h2-9,16-17,29,35H,1,10-15H2,(H2,30,31,36). The minimum Gasteiger partial charge on any atom is -0.494 e. The average molecular weight is 618 g/mol. The molecule has 0 unspecified atom stereocenters. The van der Waals surface area contributed by atoms with E-state index < -0.39 is 21.6 Å². The van der Waals surface area contributed by atoms with E-state index in [1.165, 1.54) is 42.5 Å². The van der Waals surface area contributed by atoms with Gasteiger partial charge in [0.05, 0.1) is 23.2 Å². The number of nitrogens with zero attached hydrogens (tertiary/aromatic N) is 2. The topological polar surface area (TPSA) is 142 Å². The highest BCUT2D eigenvalue weighted by Gasteiger charge is 2.20. The zero-order valence-electron chi connectivity index (χ0n) is 21.8. The lowest BCUT2D eigenvalue weighted by molar-refractivity contribution is 0.0378. The molecule has 14 heteroatoms. The number of nitrogens with one attached hydrogen (secondary N) is 3. The van der Waals surface area contributed by atoms with Crippen LogP contribution in [0.3, 0.4) is 0 Å². The van der Waals surface area contributed by atoms with Crippen molar-refractivity contribution in [2.45, 2.75) is 10.6 Å². The second kappa shape index (κ2) is 12.5. The van der Waals surface area contributed by atoms with Gasteiger partial charge in [0.25, 0.3) is 15.6 Å². The second-order valence-electron chi connectivity index (χ2n) is 9.34. The maximum absolute atomic E-state index is 13.0. The number of hydrogen-bond donors (Lipinski definition) is 4. The number of benzene rings is 2. The van der Waals surface area contributed by atoms with Crippen molar-refractivity contribution in [2.24, 2.45) is 0 Å². The van der Waals surface area contributed by atoms with Crippen LogP contribution in [0.4, 0.5) is 16.2 Å². The summed E-state index contributed by atoms with van der Waals surface area (Å²) in [6.45, 7) is 5.21. The van der Waals surface area contributed by atoms with E-state index >= 15 is 0 Å². The Morgan fingerprint density at radius 2 is 1.76 bits per heavy atom. The summed E-state index contributed by atoms with van der Waals surface area (Å²) >= 11 is 6.61. The van der Waals surface area contributed by atoms with Crippen molar-refractivity contribution in [1.29, 1.82) is 0 Å². The van der Waals surface area contributed by atoms with Crippen molar-refractivity contribution in [2.75, 3.05) is 50.0 Å². The van der Waals surface area contributed by atoms with Gasteiger partial charge in [-0.15, -0.1) is 11.3 Å². The highest BCUT2D eigenvalue weighted by atomic mass is 35.5. The van der Waals surface area contributed by atoms with Crippen LogP contribution in [0.15, 0.2) is 69.7 Å². The molecule has 1 aliphatic heterocycles. The quantitative estimate of drug-likeness (QED) is 0.206. The van der Waals surface area contributed by atoms with Crippen molar-refractivity contribution in [3.8, 4) is 11.6 Å². The van der Waals surface area contributed by atoms with E-state index in [0.717, 1.165) is 67.4 Å². The fourth-order valence-electron chi connectivity index (χ4n) is 4.49. The number of carbonyl (C=O) groups is 1. The van der Waals surface area contributed by atoms with Crippen LogP contribution in [-0.4, -0.2) is 68.4 Å². The number of aromatic hydroxyl groups is 1. The summed E-state index contributed by atoms with van der Waals surface area (Å²) in [5.41, 5.74) is 1.07. The van der Waals surface area contributed by atoms with E-state index in [1.807, 2.05) is 16.9 Å². The molecule has 0 bridgehead atoms. The maximum atomic E-state index is 13.0. The molecule has 0 aliphatic carbocycles. The highest BCUT2D eigenvalue weighted by molar-refractivity contribution is 7.92. The molecule has 0 atom stereocenters. The zero-order chi connectivity index (χ0) is 29.0. The zero-order valence-corrected chi connectivity index (χ0v) is 24.2. The normalized spacial score (nSPS) is 14.2. The number of carbonyl (C=O) groups excluding carboxylic acids is 1. The second-order valence-corrected chi connectivity index (χ2v) is 13.0. The highest BCUT2D eigenvalue weighted by Crippen LogP contribution is 2.28. The summed E-state index contributed by atoms with van der Waals surface area (Å²) in [7, 11) is -4.07. The van der Waals surface area contributed by atoms with Crippen molar-refractivity contribution >= 4 is 61.1 Å². The molecule has 0 saturated carbocycles. The van der Waals surface area contributed by atoms with Gasteiger partial charge in [0.2, 0.25) is 5.88 Å².